The first kappa shape index (κ1) is 18.3. The van der Waals surface area contributed by atoms with E-state index in [0.29, 0.717) is 5.69 Å². The highest BCUT2D eigenvalue weighted by atomic mass is 16.1. The van der Waals surface area contributed by atoms with Crippen molar-refractivity contribution in [1.29, 1.82) is 5.26 Å². The largest absolute Gasteiger partial charge is 0.360 e. The van der Waals surface area contributed by atoms with Crippen molar-refractivity contribution in [2.75, 3.05) is 10.6 Å². The van der Waals surface area contributed by atoms with Crippen molar-refractivity contribution < 1.29 is 4.79 Å². The zero-order valence-corrected chi connectivity index (χ0v) is 15.3. The third kappa shape index (κ3) is 4.27. The van der Waals surface area contributed by atoms with Crippen LogP contribution in [0.3, 0.4) is 0 Å². The highest BCUT2D eigenvalue weighted by Gasteiger charge is 2.12. The predicted molar refractivity (Wildman–Crippen MR) is 103 cm³/mol. The fourth-order valence-electron chi connectivity index (χ4n) is 2.78. The molecule has 4 heteroatoms. The van der Waals surface area contributed by atoms with Crippen LogP contribution in [-0.4, -0.2) is 5.91 Å². The van der Waals surface area contributed by atoms with Crippen molar-refractivity contribution in [3.05, 3.63) is 69.9 Å². The minimum Gasteiger partial charge on any atom is -0.360 e. The molecule has 2 N–H and O–H groups in total. The van der Waals surface area contributed by atoms with Crippen LogP contribution >= 0.6 is 0 Å². The molecule has 0 fully saturated rings. The predicted octanol–water partition coefficient (Wildman–Crippen LogP) is 4.69. The van der Waals surface area contributed by atoms with Gasteiger partial charge in [-0.1, -0.05) is 29.8 Å². The van der Waals surface area contributed by atoms with Gasteiger partial charge >= 0.3 is 0 Å². The maximum Gasteiger partial charge on any atom is 0.267 e. The van der Waals surface area contributed by atoms with E-state index in [0.717, 1.165) is 27.9 Å². The summed E-state index contributed by atoms with van der Waals surface area (Å²) in [6.07, 6.45) is 1.46. The molecular weight excluding hydrogens is 310 g/mol. The molecule has 0 aliphatic rings. The van der Waals surface area contributed by atoms with Crippen molar-refractivity contribution in [2.45, 2.75) is 34.6 Å². The Morgan fingerprint density at radius 3 is 2.28 bits per heavy atom. The molecule has 0 saturated heterocycles. The van der Waals surface area contributed by atoms with E-state index in [1.165, 1.54) is 11.8 Å². The van der Waals surface area contributed by atoms with Crippen LogP contribution < -0.4 is 10.6 Å². The van der Waals surface area contributed by atoms with Crippen LogP contribution in [0.15, 0.2) is 42.1 Å². The number of nitrogens with zero attached hydrogens (tertiary/aromatic N) is 1. The Kier molecular flexibility index (Phi) is 5.61. The second-order valence-corrected chi connectivity index (χ2v) is 6.29. The first-order chi connectivity index (χ1) is 11.8. The van der Waals surface area contributed by atoms with Crippen LogP contribution in [0.4, 0.5) is 11.4 Å². The Bertz CT molecular complexity index is 865. The second kappa shape index (κ2) is 7.67. The zero-order chi connectivity index (χ0) is 18.6. The number of nitrogens with one attached hydrogen (secondary N) is 2. The van der Waals surface area contributed by atoms with Gasteiger partial charge in [0.25, 0.3) is 5.91 Å². The molecule has 0 aromatic heterocycles. The van der Waals surface area contributed by atoms with Gasteiger partial charge in [-0.2, -0.15) is 5.26 Å². The molecular formula is C21H23N3O. The molecule has 25 heavy (non-hydrogen) atoms. The average Bonchev–Trinajstić information content (AvgIpc) is 2.54. The normalized spacial score (nSPS) is 11.0. The average molecular weight is 333 g/mol. The summed E-state index contributed by atoms with van der Waals surface area (Å²) in [4.78, 5) is 12.4. The first-order valence-corrected chi connectivity index (χ1v) is 8.15. The summed E-state index contributed by atoms with van der Waals surface area (Å²) >= 11 is 0. The maximum absolute atomic E-state index is 12.4. The molecule has 0 aliphatic heterocycles. The van der Waals surface area contributed by atoms with Crippen molar-refractivity contribution in [3.8, 4) is 6.07 Å². The Morgan fingerprint density at radius 1 is 1.04 bits per heavy atom. The lowest BCUT2D eigenvalue weighted by Crippen LogP contribution is -2.15. The number of benzene rings is 2. The van der Waals surface area contributed by atoms with E-state index in [1.807, 2.05) is 58.9 Å². The molecule has 4 nitrogen and oxygen atoms in total. The Balaban J connectivity index is 2.22. The molecule has 0 radical (unpaired) electrons. The van der Waals surface area contributed by atoms with E-state index in [4.69, 9.17) is 0 Å². The summed E-state index contributed by atoms with van der Waals surface area (Å²) in [5, 5.41) is 15.3. The minimum absolute atomic E-state index is 0.0280. The molecule has 128 valence electrons. The lowest BCUT2D eigenvalue weighted by atomic mass is 10.1. The van der Waals surface area contributed by atoms with Gasteiger partial charge in [0.1, 0.15) is 11.6 Å². The second-order valence-electron chi connectivity index (χ2n) is 6.29. The molecule has 0 spiro atoms. The van der Waals surface area contributed by atoms with E-state index < -0.39 is 5.91 Å². The van der Waals surface area contributed by atoms with Crippen LogP contribution in [-0.2, 0) is 4.79 Å². The van der Waals surface area contributed by atoms with Gasteiger partial charge in [0, 0.05) is 17.6 Å². The third-order valence-electron chi connectivity index (χ3n) is 4.26. The zero-order valence-electron chi connectivity index (χ0n) is 15.3. The number of amides is 1. The summed E-state index contributed by atoms with van der Waals surface area (Å²) in [7, 11) is 0. The van der Waals surface area contributed by atoms with E-state index in [2.05, 4.69) is 22.8 Å². The molecule has 2 rings (SSSR count). The van der Waals surface area contributed by atoms with Crippen LogP contribution in [0.1, 0.15) is 27.8 Å². The van der Waals surface area contributed by atoms with Crippen LogP contribution in [0.25, 0.3) is 0 Å². The van der Waals surface area contributed by atoms with E-state index in [9.17, 15) is 10.1 Å². The molecule has 0 saturated carbocycles. The van der Waals surface area contributed by atoms with Gasteiger partial charge in [0.15, 0.2) is 0 Å². The summed E-state index contributed by atoms with van der Waals surface area (Å²) in [5.41, 5.74) is 7.06. The maximum atomic E-state index is 12.4. The summed E-state index contributed by atoms with van der Waals surface area (Å²) in [6.45, 7) is 9.96. The van der Waals surface area contributed by atoms with Gasteiger partial charge in [0.2, 0.25) is 0 Å². The lowest BCUT2D eigenvalue weighted by molar-refractivity contribution is -0.112. The molecule has 2 aromatic carbocycles. The molecule has 1 amide bonds. The minimum atomic E-state index is -0.425. The third-order valence-corrected chi connectivity index (χ3v) is 4.26. The van der Waals surface area contributed by atoms with E-state index in [-0.39, 0.29) is 5.57 Å². The van der Waals surface area contributed by atoms with Crippen molar-refractivity contribution in [2.24, 2.45) is 0 Å². The number of aryl methyl sites for hydroxylation is 4. The standard InChI is InChI=1S/C21H23N3O/c1-13-9-15(3)20(16(4)10-13)23-12-18(11-22)21(25)24-19-8-6-7-14(2)17(19)5/h6-10,12,23H,1-5H3,(H,24,25)/b18-12-. The van der Waals surface area contributed by atoms with Crippen LogP contribution in [0, 0.1) is 45.9 Å². The SMILES string of the molecule is Cc1cc(C)c(N/C=C(/C#N)C(=O)Nc2cccc(C)c2C)c(C)c1. The van der Waals surface area contributed by atoms with Crippen molar-refractivity contribution in [3.63, 3.8) is 0 Å². The number of carbonyl (C=O) groups excluding carboxylic acids is 1. The van der Waals surface area contributed by atoms with Gasteiger partial charge in [-0.15, -0.1) is 0 Å². The number of hydrogen-bond donors (Lipinski definition) is 2. The molecule has 0 aliphatic carbocycles. The highest BCUT2D eigenvalue weighted by molar-refractivity contribution is 6.07. The van der Waals surface area contributed by atoms with Gasteiger partial charge in [-0.25, -0.2) is 0 Å². The summed E-state index contributed by atoms with van der Waals surface area (Å²) in [5.74, 6) is -0.425. The first-order valence-electron chi connectivity index (χ1n) is 8.15. The van der Waals surface area contributed by atoms with E-state index >= 15 is 0 Å². The van der Waals surface area contributed by atoms with E-state index in [1.54, 1.807) is 0 Å². The van der Waals surface area contributed by atoms with Gasteiger partial charge < -0.3 is 10.6 Å². The molecule has 0 atom stereocenters. The molecule has 0 bridgehead atoms. The molecule has 0 heterocycles. The summed E-state index contributed by atoms with van der Waals surface area (Å²) in [6, 6.07) is 11.8. The monoisotopic (exact) mass is 333 g/mol. The van der Waals surface area contributed by atoms with Crippen LogP contribution in [0.2, 0.25) is 0 Å². The molecule has 2 aromatic rings. The summed E-state index contributed by atoms with van der Waals surface area (Å²) < 4.78 is 0. The Hall–Kier alpha value is -3.06. The van der Waals surface area contributed by atoms with Gasteiger partial charge in [-0.05, 0) is 62.9 Å². The smallest absolute Gasteiger partial charge is 0.267 e. The highest BCUT2D eigenvalue weighted by Crippen LogP contribution is 2.22. The quantitative estimate of drug-likeness (QED) is 0.630. The topological polar surface area (TPSA) is 64.9 Å². The lowest BCUT2D eigenvalue weighted by Gasteiger charge is -2.12. The van der Waals surface area contributed by atoms with Crippen molar-refractivity contribution >= 4 is 17.3 Å². The fourth-order valence-corrected chi connectivity index (χ4v) is 2.78. The number of nitriles is 1. The Morgan fingerprint density at radius 2 is 1.68 bits per heavy atom. The van der Waals surface area contributed by atoms with Crippen LogP contribution in [0.5, 0.6) is 0 Å². The molecule has 0 unspecified atom stereocenters. The Labute approximate surface area is 149 Å². The fraction of sp³-hybridized carbons (Fsp3) is 0.238. The number of rotatable bonds is 4. The number of anilines is 2. The van der Waals surface area contributed by atoms with Gasteiger partial charge in [0.05, 0.1) is 0 Å². The van der Waals surface area contributed by atoms with Gasteiger partial charge in [-0.3, -0.25) is 4.79 Å². The number of hydrogen-bond acceptors (Lipinski definition) is 3. The number of carbonyl (C=O) groups is 1. The van der Waals surface area contributed by atoms with Crippen molar-refractivity contribution in [1.82, 2.24) is 0 Å².